The second kappa shape index (κ2) is 6.17. The maximum absolute atomic E-state index is 12.9. The normalized spacial score (nSPS) is 27.7. The molecule has 6 nitrogen and oxygen atoms in total. The lowest BCUT2D eigenvalue weighted by molar-refractivity contribution is 0.0216. The topological polar surface area (TPSA) is 63.1 Å². The summed E-state index contributed by atoms with van der Waals surface area (Å²) in [6, 6.07) is 2.53. The molecule has 26 heavy (non-hydrogen) atoms. The average Bonchev–Trinajstić information content (AvgIpc) is 3.33. The number of nitrogens with zero attached hydrogens (tertiary/aromatic N) is 4. The average molecular weight is 367 g/mol. The molecule has 2 unspecified atom stereocenters. The molecule has 2 atom stereocenters. The van der Waals surface area contributed by atoms with Crippen LogP contribution in [0.5, 0.6) is 0 Å². The van der Waals surface area contributed by atoms with E-state index >= 15 is 0 Å². The second-order valence-corrected chi connectivity index (χ2v) is 8.18. The highest BCUT2D eigenvalue weighted by Crippen LogP contribution is 2.33. The number of hydrogen-bond donors (Lipinski definition) is 1. The van der Waals surface area contributed by atoms with Crippen molar-refractivity contribution in [3.05, 3.63) is 42.1 Å². The first-order valence-corrected chi connectivity index (χ1v) is 9.99. The molecule has 134 valence electrons. The molecule has 3 saturated heterocycles. The smallest absolute Gasteiger partial charge is 0.270 e. The van der Waals surface area contributed by atoms with Crippen molar-refractivity contribution in [3.8, 4) is 5.69 Å². The predicted octanol–water partition coefficient (Wildman–Crippen LogP) is 2.69. The Kier molecular flexibility index (Phi) is 3.79. The van der Waals surface area contributed by atoms with Crippen LogP contribution in [0, 0.1) is 5.92 Å². The fourth-order valence-corrected chi connectivity index (χ4v) is 5.31. The van der Waals surface area contributed by atoms with Crippen molar-refractivity contribution in [2.45, 2.75) is 31.8 Å². The summed E-state index contributed by atoms with van der Waals surface area (Å²) in [5.41, 5.74) is 1.52. The van der Waals surface area contributed by atoms with Crippen LogP contribution in [0.25, 0.3) is 15.8 Å². The first kappa shape index (κ1) is 16.0. The molecule has 2 bridgehead atoms. The van der Waals surface area contributed by atoms with Crippen LogP contribution in [-0.4, -0.2) is 50.5 Å². The van der Waals surface area contributed by atoms with Crippen molar-refractivity contribution in [2.75, 3.05) is 13.1 Å². The lowest BCUT2D eigenvalue weighted by atomic mass is 9.79. The summed E-state index contributed by atoms with van der Waals surface area (Å²) < 4.78 is 3.04. The zero-order valence-electron chi connectivity index (χ0n) is 14.6. The number of carbonyl (C=O) groups is 1. The maximum Gasteiger partial charge on any atom is 0.270 e. The third-order valence-electron chi connectivity index (χ3n) is 5.93. The highest BCUT2D eigenvalue weighted by atomic mass is 32.1. The number of rotatable bonds is 3. The highest BCUT2D eigenvalue weighted by molar-refractivity contribution is 7.17. The van der Waals surface area contributed by atoms with Gasteiger partial charge in [0, 0.05) is 41.4 Å². The van der Waals surface area contributed by atoms with Crippen LogP contribution in [0.2, 0.25) is 0 Å². The van der Waals surface area contributed by atoms with E-state index in [-0.39, 0.29) is 11.9 Å². The van der Waals surface area contributed by atoms with Gasteiger partial charge in [0.15, 0.2) is 0 Å². The number of carbonyl (C=O) groups excluding carboxylic acids is 1. The molecule has 3 aliphatic rings. The van der Waals surface area contributed by atoms with Crippen LogP contribution in [0.4, 0.5) is 0 Å². The molecule has 6 heterocycles. The fraction of sp³-hybridized carbons (Fsp3) is 0.421. The van der Waals surface area contributed by atoms with Gasteiger partial charge in [-0.25, -0.2) is 9.97 Å². The molecule has 7 heteroatoms. The Bertz CT molecular complexity index is 940. The molecule has 3 aliphatic heterocycles. The quantitative estimate of drug-likeness (QED) is 0.773. The summed E-state index contributed by atoms with van der Waals surface area (Å²) in [5, 5.41) is 6.38. The predicted molar refractivity (Wildman–Crippen MR) is 102 cm³/mol. The Hall–Kier alpha value is -2.25. The van der Waals surface area contributed by atoms with Crippen molar-refractivity contribution < 1.29 is 4.79 Å². The van der Waals surface area contributed by atoms with Crippen molar-refractivity contribution in [1.29, 1.82) is 0 Å². The van der Waals surface area contributed by atoms with E-state index in [1.807, 2.05) is 16.8 Å². The van der Waals surface area contributed by atoms with Gasteiger partial charge in [-0.2, -0.15) is 0 Å². The zero-order valence-corrected chi connectivity index (χ0v) is 15.4. The highest BCUT2D eigenvalue weighted by Gasteiger charge is 2.40. The van der Waals surface area contributed by atoms with Gasteiger partial charge in [-0.3, -0.25) is 9.69 Å². The van der Waals surface area contributed by atoms with Crippen molar-refractivity contribution in [2.24, 2.45) is 5.92 Å². The summed E-state index contributed by atoms with van der Waals surface area (Å²) in [7, 11) is 0. The van der Waals surface area contributed by atoms with Gasteiger partial charge in [0.25, 0.3) is 5.91 Å². The lowest BCUT2D eigenvalue weighted by Gasteiger charge is -2.49. The molecule has 3 fully saturated rings. The minimum absolute atomic E-state index is 0.0692. The van der Waals surface area contributed by atoms with Gasteiger partial charge in [0.2, 0.25) is 0 Å². The number of fused-ring (bicyclic) bond motifs is 4. The van der Waals surface area contributed by atoms with Crippen LogP contribution in [0.1, 0.15) is 30.3 Å². The molecule has 3 aromatic rings. The monoisotopic (exact) mass is 367 g/mol. The van der Waals surface area contributed by atoms with Gasteiger partial charge in [-0.05, 0) is 44.8 Å². The number of pyridine rings is 1. The van der Waals surface area contributed by atoms with E-state index in [2.05, 4.69) is 32.5 Å². The molecule has 0 spiro atoms. The Morgan fingerprint density at radius 3 is 2.92 bits per heavy atom. The summed E-state index contributed by atoms with van der Waals surface area (Å²) in [6.45, 7) is 4.54. The molecule has 6 rings (SSSR count). The summed E-state index contributed by atoms with van der Waals surface area (Å²) in [6.07, 6.45) is 9.60. The first-order valence-electron chi connectivity index (χ1n) is 9.11. The van der Waals surface area contributed by atoms with Gasteiger partial charge in [0.1, 0.15) is 5.69 Å². The number of aromatic nitrogens is 3. The summed E-state index contributed by atoms with van der Waals surface area (Å²) in [5.74, 6) is 0.519. The molecule has 3 aromatic heterocycles. The first-order chi connectivity index (χ1) is 12.7. The van der Waals surface area contributed by atoms with Crippen LogP contribution in [0.15, 0.2) is 36.4 Å². The van der Waals surface area contributed by atoms with Crippen molar-refractivity contribution in [3.63, 3.8) is 0 Å². The molecule has 0 aliphatic carbocycles. The summed E-state index contributed by atoms with van der Waals surface area (Å²) in [4.78, 5) is 23.9. The Morgan fingerprint density at radius 1 is 1.35 bits per heavy atom. The van der Waals surface area contributed by atoms with E-state index in [9.17, 15) is 4.79 Å². The summed E-state index contributed by atoms with van der Waals surface area (Å²) >= 11 is 1.63. The minimum atomic E-state index is -0.0692. The second-order valence-electron chi connectivity index (χ2n) is 7.27. The van der Waals surface area contributed by atoms with Crippen molar-refractivity contribution in [1.82, 2.24) is 24.8 Å². The number of imidazole rings is 1. The Morgan fingerprint density at radius 2 is 2.19 bits per heavy atom. The SMILES string of the molecule is CC1C(NC(=O)c2cc3c(-n4ccnc4)csc3cn2)C2CCN1CC2. The molecular formula is C19H21N5OS. The standard InChI is InChI=1S/C19H21N5OS/c1-12-18(13-2-5-23(12)6-3-13)22-19(25)15-8-14-16(24-7-4-20-11-24)10-26-17(14)9-21-15/h4,7-13,18H,2-3,5-6H2,1H3,(H,22,25). The third kappa shape index (κ3) is 2.54. The number of nitrogens with one attached hydrogen (secondary N) is 1. The zero-order chi connectivity index (χ0) is 17.7. The van der Waals surface area contributed by atoms with Crippen LogP contribution in [0.3, 0.4) is 0 Å². The maximum atomic E-state index is 12.9. The number of piperidine rings is 3. The molecule has 0 saturated carbocycles. The van der Waals surface area contributed by atoms with E-state index in [0.717, 1.165) is 28.9 Å². The Labute approximate surface area is 155 Å². The number of amides is 1. The Balaban J connectivity index is 1.43. The fourth-order valence-electron chi connectivity index (χ4n) is 4.42. The molecule has 0 radical (unpaired) electrons. The van der Waals surface area contributed by atoms with Gasteiger partial charge in [0.05, 0.1) is 16.7 Å². The number of thiophene rings is 1. The third-order valence-corrected chi connectivity index (χ3v) is 6.85. The van der Waals surface area contributed by atoms with Crippen LogP contribution >= 0.6 is 11.3 Å². The number of hydrogen-bond acceptors (Lipinski definition) is 5. The van der Waals surface area contributed by atoms with E-state index in [1.54, 1.807) is 30.1 Å². The van der Waals surface area contributed by atoms with E-state index in [1.165, 1.54) is 12.8 Å². The largest absolute Gasteiger partial charge is 0.346 e. The molecular weight excluding hydrogens is 346 g/mol. The molecule has 1 amide bonds. The van der Waals surface area contributed by atoms with Gasteiger partial charge in [-0.1, -0.05) is 0 Å². The molecule has 0 aromatic carbocycles. The molecule has 1 N–H and O–H groups in total. The van der Waals surface area contributed by atoms with Crippen molar-refractivity contribution >= 4 is 27.3 Å². The van der Waals surface area contributed by atoms with Gasteiger partial charge < -0.3 is 9.88 Å². The van der Waals surface area contributed by atoms with Crippen LogP contribution < -0.4 is 5.32 Å². The van der Waals surface area contributed by atoms with Gasteiger partial charge >= 0.3 is 0 Å². The van der Waals surface area contributed by atoms with E-state index < -0.39 is 0 Å². The van der Waals surface area contributed by atoms with Crippen LogP contribution in [-0.2, 0) is 0 Å². The lowest BCUT2D eigenvalue weighted by Crippen LogP contribution is -2.62. The minimum Gasteiger partial charge on any atom is -0.346 e. The van der Waals surface area contributed by atoms with E-state index in [0.29, 0.717) is 17.7 Å². The van der Waals surface area contributed by atoms with E-state index in [4.69, 9.17) is 0 Å². The van der Waals surface area contributed by atoms with Gasteiger partial charge in [-0.15, -0.1) is 11.3 Å².